The largest absolute Gasteiger partial charge is 0.375 e. The second-order valence-electron chi connectivity index (χ2n) is 10.9. The molecule has 0 bridgehead atoms. The van der Waals surface area contributed by atoms with Gasteiger partial charge in [0.1, 0.15) is 4.93 Å². The van der Waals surface area contributed by atoms with Crippen molar-refractivity contribution >= 4 is 12.6 Å². The Labute approximate surface area is 179 Å². The predicted molar refractivity (Wildman–Crippen MR) is 120 cm³/mol. The summed E-state index contributed by atoms with van der Waals surface area (Å²) < 4.78 is 12.3. The topological polar surface area (TPSA) is 24.9 Å². The third-order valence-electron chi connectivity index (χ3n) is 7.11. The van der Waals surface area contributed by atoms with E-state index < -0.39 is 0 Å². The van der Waals surface area contributed by atoms with Crippen LogP contribution in [0.4, 0.5) is 0 Å². The average molecular weight is 413 g/mol. The van der Waals surface area contributed by atoms with Crippen molar-refractivity contribution in [1.82, 2.24) is 9.80 Å². The maximum absolute atomic E-state index is 6.36. The number of hydrogen-bond acceptors (Lipinski definition) is 5. The standard InChI is InChI=1S/C23H44N2O2S/c1-17(18-7-13-25(14-8-18)22(2,3)4)24-11-9-19(10-12-24)26-20-15-21(16-20)27-23(5,6)28/h17-21,28H,7-16H2,1-6H3. The van der Waals surface area contributed by atoms with Gasteiger partial charge in [0.2, 0.25) is 0 Å². The van der Waals surface area contributed by atoms with E-state index in [2.05, 4.69) is 50.1 Å². The first-order chi connectivity index (χ1) is 13.0. The summed E-state index contributed by atoms with van der Waals surface area (Å²) in [5.41, 5.74) is 0.318. The van der Waals surface area contributed by atoms with Crippen molar-refractivity contribution in [3.63, 3.8) is 0 Å². The second kappa shape index (κ2) is 9.13. The van der Waals surface area contributed by atoms with E-state index in [1.54, 1.807) is 0 Å². The average Bonchev–Trinajstić information content (AvgIpc) is 2.58. The minimum absolute atomic E-state index is 0.318. The number of rotatable bonds is 6. The number of nitrogens with zero attached hydrogens (tertiary/aromatic N) is 2. The quantitative estimate of drug-likeness (QED) is 0.510. The van der Waals surface area contributed by atoms with Crippen LogP contribution in [-0.4, -0.2) is 70.8 Å². The van der Waals surface area contributed by atoms with Crippen LogP contribution < -0.4 is 0 Å². The highest BCUT2D eigenvalue weighted by Gasteiger charge is 2.37. The summed E-state index contributed by atoms with van der Waals surface area (Å²) in [4.78, 5) is 5.05. The summed E-state index contributed by atoms with van der Waals surface area (Å²) in [6, 6.07) is 0.710. The molecule has 3 rings (SSSR count). The van der Waals surface area contributed by atoms with Crippen molar-refractivity contribution < 1.29 is 9.47 Å². The van der Waals surface area contributed by atoms with Gasteiger partial charge in [0.15, 0.2) is 0 Å². The van der Waals surface area contributed by atoms with Gasteiger partial charge in [0, 0.05) is 37.5 Å². The van der Waals surface area contributed by atoms with Crippen molar-refractivity contribution in [2.24, 2.45) is 5.92 Å². The van der Waals surface area contributed by atoms with Crippen LogP contribution in [0.2, 0.25) is 0 Å². The Morgan fingerprint density at radius 2 is 1.39 bits per heavy atom. The molecular weight excluding hydrogens is 368 g/mol. The third-order valence-corrected chi connectivity index (χ3v) is 7.22. The van der Waals surface area contributed by atoms with Gasteiger partial charge in [-0.2, -0.15) is 0 Å². The maximum Gasteiger partial charge on any atom is 0.105 e. The van der Waals surface area contributed by atoms with Gasteiger partial charge in [0.05, 0.1) is 18.3 Å². The van der Waals surface area contributed by atoms with Crippen molar-refractivity contribution in [3.8, 4) is 0 Å². The Bertz CT molecular complexity index is 480. The normalized spacial score (nSPS) is 31.0. The maximum atomic E-state index is 6.36. The molecule has 0 amide bonds. The minimum atomic E-state index is -0.333. The van der Waals surface area contributed by atoms with Gasteiger partial charge >= 0.3 is 0 Å². The Kier molecular flexibility index (Phi) is 7.46. The van der Waals surface area contributed by atoms with Crippen molar-refractivity contribution in [1.29, 1.82) is 0 Å². The molecular formula is C23H44N2O2S. The summed E-state index contributed by atoms with van der Waals surface area (Å²) in [6.07, 6.45) is 8.31. The van der Waals surface area contributed by atoms with Gasteiger partial charge in [-0.15, -0.1) is 12.6 Å². The van der Waals surface area contributed by atoms with Crippen molar-refractivity contribution in [3.05, 3.63) is 0 Å². The monoisotopic (exact) mass is 412 g/mol. The zero-order valence-corrected chi connectivity index (χ0v) is 20.0. The second-order valence-corrected chi connectivity index (χ2v) is 12.0. The Morgan fingerprint density at radius 3 is 1.89 bits per heavy atom. The molecule has 164 valence electrons. The first kappa shape index (κ1) is 22.9. The van der Waals surface area contributed by atoms with Crippen LogP contribution in [0.3, 0.4) is 0 Å². The molecule has 5 heteroatoms. The molecule has 0 aromatic rings. The summed E-state index contributed by atoms with van der Waals surface area (Å²) in [7, 11) is 0. The molecule has 0 aromatic carbocycles. The zero-order chi connectivity index (χ0) is 20.5. The molecule has 3 fully saturated rings. The lowest BCUT2D eigenvalue weighted by Crippen LogP contribution is -2.51. The van der Waals surface area contributed by atoms with E-state index in [9.17, 15) is 0 Å². The lowest BCUT2D eigenvalue weighted by molar-refractivity contribution is -0.153. The molecule has 0 aromatic heterocycles. The molecule has 2 heterocycles. The molecule has 1 unspecified atom stereocenters. The van der Waals surface area contributed by atoms with E-state index >= 15 is 0 Å². The molecule has 1 saturated carbocycles. The fraction of sp³-hybridized carbons (Fsp3) is 1.00. The fourth-order valence-electron chi connectivity index (χ4n) is 5.17. The van der Waals surface area contributed by atoms with Crippen LogP contribution in [0, 0.1) is 5.92 Å². The summed E-state index contributed by atoms with van der Waals surface area (Å²) in [6.45, 7) is 18.4. The minimum Gasteiger partial charge on any atom is -0.375 e. The smallest absolute Gasteiger partial charge is 0.105 e. The highest BCUT2D eigenvalue weighted by atomic mass is 32.1. The zero-order valence-electron chi connectivity index (χ0n) is 19.1. The van der Waals surface area contributed by atoms with E-state index in [-0.39, 0.29) is 4.93 Å². The van der Waals surface area contributed by atoms with Gasteiger partial charge in [-0.05, 0) is 86.2 Å². The van der Waals surface area contributed by atoms with Gasteiger partial charge in [-0.1, -0.05) is 0 Å². The molecule has 3 aliphatic rings. The van der Waals surface area contributed by atoms with Crippen molar-refractivity contribution in [2.75, 3.05) is 26.2 Å². The molecule has 4 nitrogen and oxygen atoms in total. The summed E-state index contributed by atoms with van der Waals surface area (Å²) in [5, 5.41) is 0. The van der Waals surface area contributed by atoms with Crippen LogP contribution in [0.1, 0.15) is 80.1 Å². The summed E-state index contributed by atoms with van der Waals surface area (Å²) >= 11 is 4.46. The van der Waals surface area contributed by atoms with Crippen LogP contribution in [0.5, 0.6) is 0 Å². The number of thiol groups is 1. The molecule has 1 atom stereocenters. The first-order valence-corrected chi connectivity index (χ1v) is 12.0. The summed E-state index contributed by atoms with van der Waals surface area (Å²) in [5.74, 6) is 0.852. The van der Waals surface area contributed by atoms with Crippen LogP contribution >= 0.6 is 12.6 Å². The van der Waals surface area contributed by atoms with Gasteiger partial charge in [0.25, 0.3) is 0 Å². The highest BCUT2D eigenvalue weighted by molar-refractivity contribution is 7.81. The number of ether oxygens (including phenoxy) is 2. The molecule has 28 heavy (non-hydrogen) atoms. The number of likely N-dealkylation sites (tertiary alicyclic amines) is 2. The van der Waals surface area contributed by atoms with Crippen LogP contribution in [-0.2, 0) is 9.47 Å². The van der Waals surface area contributed by atoms with Gasteiger partial charge in [-0.25, -0.2) is 0 Å². The Hall–Kier alpha value is 0.190. The van der Waals surface area contributed by atoms with E-state index in [4.69, 9.17) is 9.47 Å². The van der Waals surface area contributed by atoms with Gasteiger partial charge in [-0.3, -0.25) is 4.90 Å². The van der Waals surface area contributed by atoms with E-state index in [1.165, 1.54) is 51.9 Å². The van der Waals surface area contributed by atoms with Gasteiger partial charge < -0.3 is 14.4 Å². The van der Waals surface area contributed by atoms with Crippen molar-refractivity contribution in [2.45, 2.75) is 115 Å². The molecule has 0 radical (unpaired) electrons. The van der Waals surface area contributed by atoms with Crippen LogP contribution in [0.15, 0.2) is 0 Å². The van der Waals surface area contributed by atoms with E-state index in [0.717, 1.165) is 18.8 Å². The predicted octanol–water partition coefficient (Wildman–Crippen LogP) is 4.58. The lowest BCUT2D eigenvalue weighted by Gasteiger charge is -2.46. The fourth-order valence-corrected chi connectivity index (χ4v) is 5.32. The third kappa shape index (κ3) is 6.34. The molecule has 0 spiro atoms. The first-order valence-electron chi connectivity index (χ1n) is 11.6. The highest BCUT2D eigenvalue weighted by Crippen LogP contribution is 2.34. The number of piperidine rings is 2. The van der Waals surface area contributed by atoms with E-state index in [1.807, 2.05) is 13.8 Å². The Balaban J connectivity index is 1.33. The van der Waals surface area contributed by atoms with Crippen LogP contribution in [0.25, 0.3) is 0 Å². The Morgan fingerprint density at radius 1 is 0.821 bits per heavy atom. The SMILES string of the molecule is CC(C1CCN(C(C)(C)C)CC1)N1CCC(OC2CC(OC(C)(C)S)C2)CC1. The molecule has 0 N–H and O–H groups in total. The van der Waals surface area contributed by atoms with E-state index in [0.29, 0.717) is 29.9 Å². The number of hydrogen-bond donors (Lipinski definition) is 1. The molecule has 2 saturated heterocycles. The molecule has 1 aliphatic carbocycles. The lowest BCUT2D eigenvalue weighted by atomic mass is 9.86. The molecule has 2 aliphatic heterocycles.